The van der Waals surface area contributed by atoms with Gasteiger partial charge in [0.05, 0.1) is 5.56 Å². The summed E-state index contributed by atoms with van der Waals surface area (Å²) in [6.45, 7) is 3.85. The maximum absolute atomic E-state index is 12.2. The van der Waals surface area contributed by atoms with Crippen LogP contribution in [0, 0.1) is 13.8 Å². The van der Waals surface area contributed by atoms with Gasteiger partial charge >= 0.3 is 5.97 Å². The number of carbonyl (C=O) groups excluding carboxylic acids is 1. The van der Waals surface area contributed by atoms with E-state index >= 15 is 0 Å². The molecular weight excluding hydrogens is 250 g/mol. The van der Waals surface area contributed by atoms with Gasteiger partial charge in [-0.2, -0.15) is 0 Å². The van der Waals surface area contributed by atoms with E-state index in [1.54, 1.807) is 5.38 Å². The molecule has 98 valence electrons. The largest absolute Gasteiger partial charge is 0.480 e. The Morgan fingerprint density at radius 3 is 2.39 bits per heavy atom. The first-order chi connectivity index (χ1) is 8.46. The summed E-state index contributed by atoms with van der Waals surface area (Å²) in [5.74, 6) is -1.18. The molecule has 0 aliphatic heterocycles. The highest BCUT2D eigenvalue weighted by molar-refractivity contribution is 7.10. The van der Waals surface area contributed by atoms with Gasteiger partial charge in [-0.25, -0.2) is 4.79 Å². The van der Waals surface area contributed by atoms with Gasteiger partial charge in [-0.1, -0.05) is 12.8 Å². The number of thiophene rings is 1. The van der Waals surface area contributed by atoms with Crippen molar-refractivity contribution in [2.75, 3.05) is 0 Å². The predicted molar refractivity (Wildman–Crippen MR) is 70.1 cm³/mol. The highest BCUT2D eigenvalue weighted by atomic mass is 32.1. The molecule has 1 amide bonds. The molecule has 5 heteroatoms. The maximum atomic E-state index is 12.2. The van der Waals surface area contributed by atoms with Crippen molar-refractivity contribution in [1.82, 2.24) is 5.32 Å². The Labute approximate surface area is 110 Å². The third kappa shape index (κ3) is 2.14. The van der Waals surface area contributed by atoms with Gasteiger partial charge in [0.1, 0.15) is 5.54 Å². The number of nitrogens with one attached hydrogen (secondary N) is 1. The molecule has 1 aliphatic rings. The average molecular weight is 267 g/mol. The van der Waals surface area contributed by atoms with E-state index in [-0.39, 0.29) is 5.91 Å². The van der Waals surface area contributed by atoms with Crippen LogP contribution in [0.3, 0.4) is 0 Å². The molecule has 2 rings (SSSR count). The molecule has 0 atom stereocenters. The molecule has 0 unspecified atom stereocenters. The topological polar surface area (TPSA) is 66.4 Å². The summed E-state index contributed by atoms with van der Waals surface area (Å²) in [5, 5.41) is 13.8. The van der Waals surface area contributed by atoms with Crippen molar-refractivity contribution >= 4 is 23.2 Å². The summed E-state index contributed by atoms with van der Waals surface area (Å²) in [5.41, 5.74) is 0.486. The molecule has 1 aromatic heterocycles. The van der Waals surface area contributed by atoms with Gasteiger partial charge in [-0.3, -0.25) is 4.79 Å². The lowest BCUT2D eigenvalue weighted by Crippen LogP contribution is -2.52. The van der Waals surface area contributed by atoms with Crippen molar-refractivity contribution in [2.24, 2.45) is 0 Å². The molecule has 0 aromatic carbocycles. The lowest BCUT2D eigenvalue weighted by molar-refractivity contribution is -0.144. The average Bonchev–Trinajstić information content (AvgIpc) is 2.89. The van der Waals surface area contributed by atoms with Crippen LogP contribution in [0.2, 0.25) is 0 Å². The number of aryl methyl sites for hydroxylation is 1. The van der Waals surface area contributed by atoms with Crippen molar-refractivity contribution in [3.05, 3.63) is 21.4 Å². The zero-order chi connectivity index (χ0) is 13.3. The first-order valence-electron chi connectivity index (χ1n) is 6.07. The van der Waals surface area contributed by atoms with Gasteiger partial charge in [-0.05, 0) is 32.3 Å². The molecular formula is C13H17NO3S. The molecule has 0 spiro atoms. The van der Waals surface area contributed by atoms with Crippen LogP contribution in [-0.2, 0) is 4.79 Å². The number of hydrogen-bond donors (Lipinski definition) is 2. The number of amides is 1. The minimum atomic E-state index is -1.06. The lowest BCUT2D eigenvalue weighted by Gasteiger charge is -2.25. The van der Waals surface area contributed by atoms with Gasteiger partial charge in [0.2, 0.25) is 0 Å². The normalized spacial score (nSPS) is 17.7. The van der Waals surface area contributed by atoms with E-state index in [1.807, 2.05) is 13.8 Å². The molecule has 4 nitrogen and oxygen atoms in total. The number of hydrogen-bond acceptors (Lipinski definition) is 3. The molecule has 0 bridgehead atoms. The van der Waals surface area contributed by atoms with Crippen LogP contribution in [0.5, 0.6) is 0 Å². The predicted octanol–water partition coefficient (Wildman–Crippen LogP) is 2.49. The number of carbonyl (C=O) groups is 2. The second-order valence-corrected chi connectivity index (χ2v) is 5.96. The van der Waals surface area contributed by atoms with Gasteiger partial charge in [0, 0.05) is 10.3 Å². The van der Waals surface area contributed by atoms with Crippen molar-refractivity contribution in [3.63, 3.8) is 0 Å². The third-order valence-electron chi connectivity index (χ3n) is 3.75. The van der Waals surface area contributed by atoms with E-state index in [2.05, 4.69) is 5.32 Å². The van der Waals surface area contributed by atoms with Crippen molar-refractivity contribution in [3.8, 4) is 0 Å². The van der Waals surface area contributed by atoms with Gasteiger partial charge in [0.25, 0.3) is 5.91 Å². The van der Waals surface area contributed by atoms with Crippen LogP contribution in [0.15, 0.2) is 5.38 Å². The standard InChI is InChI=1S/C13H17NO3S/c1-8-9(2)18-7-10(8)11(15)14-13(12(16)17)5-3-4-6-13/h7H,3-6H2,1-2H3,(H,14,15)(H,16,17). The van der Waals surface area contributed by atoms with Crippen LogP contribution in [0.25, 0.3) is 0 Å². The summed E-state index contributed by atoms with van der Waals surface area (Å²) >= 11 is 1.52. The first kappa shape index (κ1) is 13.1. The summed E-state index contributed by atoms with van der Waals surface area (Å²) < 4.78 is 0. The smallest absolute Gasteiger partial charge is 0.329 e. The minimum Gasteiger partial charge on any atom is -0.480 e. The molecule has 1 aromatic rings. The second kappa shape index (κ2) is 4.72. The highest BCUT2D eigenvalue weighted by Gasteiger charge is 2.42. The molecule has 18 heavy (non-hydrogen) atoms. The van der Waals surface area contributed by atoms with E-state index < -0.39 is 11.5 Å². The number of carboxylic acids is 1. The molecule has 0 radical (unpaired) electrons. The summed E-state index contributed by atoms with van der Waals surface area (Å²) in [6.07, 6.45) is 2.76. The molecule has 1 saturated carbocycles. The van der Waals surface area contributed by atoms with E-state index in [0.29, 0.717) is 18.4 Å². The summed E-state index contributed by atoms with van der Waals surface area (Å²) in [6, 6.07) is 0. The van der Waals surface area contributed by atoms with Crippen LogP contribution in [-0.4, -0.2) is 22.5 Å². The molecule has 1 aliphatic carbocycles. The number of rotatable bonds is 3. The number of carboxylic acid groups (broad SMARTS) is 1. The third-order valence-corrected chi connectivity index (χ3v) is 4.76. The highest BCUT2D eigenvalue weighted by Crippen LogP contribution is 2.31. The Morgan fingerprint density at radius 1 is 1.33 bits per heavy atom. The van der Waals surface area contributed by atoms with Crippen molar-refractivity contribution in [2.45, 2.75) is 45.1 Å². The monoisotopic (exact) mass is 267 g/mol. The van der Waals surface area contributed by atoms with E-state index in [4.69, 9.17) is 0 Å². The lowest BCUT2D eigenvalue weighted by atomic mass is 9.97. The molecule has 0 saturated heterocycles. The fourth-order valence-electron chi connectivity index (χ4n) is 2.39. The fourth-order valence-corrected chi connectivity index (χ4v) is 3.26. The van der Waals surface area contributed by atoms with E-state index in [1.165, 1.54) is 11.3 Å². The van der Waals surface area contributed by atoms with Crippen LogP contribution in [0.1, 0.15) is 46.5 Å². The first-order valence-corrected chi connectivity index (χ1v) is 6.95. The van der Waals surface area contributed by atoms with Crippen molar-refractivity contribution in [1.29, 1.82) is 0 Å². The number of aliphatic carboxylic acids is 1. The van der Waals surface area contributed by atoms with E-state index in [0.717, 1.165) is 23.3 Å². The van der Waals surface area contributed by atoms with Crippen LogP contribution in [0.4, 0.5) is 0 Å². The van der Waals surface area contributed by atoms with Gasteiger partial charge in [0.15, 0.2) is 0 Å². The van der Waals surface area contributed by atoms with E-state index in [9.17, 15) is 14.7 Å². The molecule has 1 fully saturated rings. The Kier molecular flexibility index (Phi) is 3.43. The zero-order valence-electron chi connectivity index (χ0n) is 10.6. The second-order valence-electron chi connectivity index (χ2n) is 4.88. The summed E-state index contributed by atoms with van der Waals surface area (Å²) in [7, 11) is 0. The van der Waals surface area contributed by atoms with Crippen molar-refractivity contribution < 1.29 is 14.7 Å². The molecule has 1 heterocycles. The fraction of sp³-hybridized carbons (Fsp3) is 0.538. The zero-order valence-corrected chi connectivity index (χ0v) is 11.4. The SMILES string of the molecule is Cc1scc(C(=O)NC2(C(=O)O)CCCC2)c1C. The van der Waals surface area contributed by atoms with Gasteiger partial charge < -0.3 is 10.4 Å². The Morgan fingerprint density at radius 2 is 1.94 bits per heavy atom. The van der Waals surface area contributed by atoms with Crippen LogP contribution >= 0.6 is 11.3 Å². The Bertz CT molecular complexity index is 486. The minimum absolute atomic E-state index is 0.263. The van der Waals surface area contributed by atoms with Gasteiger partial charge in [-0.15, -0.1) is 11.3 Å². The summed E-state index contributed by atoms with van der Waals surface area (Å²) in [4.78, 5) is 24.6. The Balaban J connectivity index is 2.20. The quantitative estimate of drug-likeness (QED) is 0.884. The molecule has 2 N–H and O–H groups in total. The Hall–Kier alpha value is -1.36. The maximum Gasteiger partial charge on any atom is 0.329 e. The van der Waals surface area contributed by atoms with Crippen LogP contribution < -0.4 is 5.32 Å².